The highest BCUT2D eigenvalue weighted by molar-refractivity contribution is 6.33. The molecule has 7 heteroatoms. The maximum atomic E-state index is 13.1. The fourth-order valence-corrected chi connectivity index (χ4v) is 3.12. The van der Waals surface area contributed by atoms with E-state index in [0.717, 1.165) is 29.8 Å². The minimum Gasteiger partial charge on any atom is -0.330 e. The summed E-state index contributed by atoms with van der Waals surface area (Å²) >= 11 is 6.07. The molecule has 0 fully saturated rings. The molecule has 1 aromatic carbocycles. The van der Waals surface area contributed by atoms with Crippen molar-refractivity contribution in [3.8, 4) is 11.3 Å². The van der Waals surface area contributed by atoms with Crippen molar-refractivity contribution in [1.29, 1.82) is 0 Å². The van der Waals surface area contributed by atoms with E-state index in [2.05, 4.69) is 4.98 Å². The van der Waals surface area contributed by atoms with Gasteiger partial charge in [0.15, 0.2) is 5.65 Å². The van der Waals surface area contributed by atoms with E-state index in [4.69, 9.17) is 17.3 Å². The van der Waals surface area contributed by atoms with Crippen LogP contribution in [0.4, 0.5) is 13.2 Å². The lowest BCUT2D eigenvalue weighted by Gasteiger charge is -2.09. The van der Waals surface area contributed by atoms with E-state index >= 15 is 0 Å². The van der Waals surface area contributed by atoms with Gasteiger partial charge in [0.05, 0.1) is 22.0 Å². The molecule has 2 heterocycles. The molecule has 0 unspecified atom stereocenters. The molecule has 0 aliphatic heterocycles. The standard InChI is InChI=1S/C18H17ClF3N3/c1-2-15-16(12-5-3-11(4-6-12)7-8-23)24-17-14(19)9-13(10-25(15)17)18(20,21)22/h3-6,9-10H,2,7-8,23H2,1H3. The summed E-state index contributed by atoms with van der Waals surface area (Å²) in [5.74, 6) is 0. The van der Waals surface area contributed by atoms with Crippen LogP contribution < -0.4 is 5.73 Å². The van der Waals surface area contributed by atoms with Crippen molar-refractivity contribution in [2.24, 2.45) is 5.73 Å². The lowest BCUT2D eigenvalue weighted by molar-refractivity contribution is -0.137. The maximum Gasteiger partial charge on any atom is 0.417 e. The number of hydrogen-bond acceptors (Lipinski definition) is 2. The fourth-order valence-electron chi connectivity index (χ4n) is 2.87. The number of pyridine rings is 1. The Morgan fingerprint density at radius 3 is 2.44 bits per heavy atom. The van der Waals surface area contributed by atoms with Crippen molar-refractivity contribution < 1.29 is 13.2 Å². The average molecular weight is 368 g/mol. The number of nitrogens with zero attached hydrogens (tertiary/aromatic N) is 2. The van der Waals surface area contributed by atoms with Crippen molar-refractivity contribution in [3.63, 3.8) is 0 Å². The van der Waals surface area contributed by atoms with Gasteiger partial charge in [0.1, 0.15) is 0 Å². The molecule has 0 atom stereocenters. The van der Waals surface area contributed by atoms with Crippen LogP contribution in [-0.2, 0) is 19.0 Å². The Bertz CT molecular complexity index is 899. The fraction of sp³-hybridized carbons (Fsp3) is 0.278. The normalized spacial score (nSPS) is 12.1. The van der Waals surface area contributed by atoms with Crippen LogP contribution in [0.5, 0.6) is 0 Å². The van der Waals surface area contributed by atoms with E-state index in [-0.39, 0.29) is 5.02 Å². The topological polar surface area (TPSA) is 43.3 Å². The van der Waals surface area contributed by atoms with Crippen LogP contribution in [0.2, 0.25) is 5.02 Å². The van der Waals surface area contributed by atoms with Crippen molar-refractivity contribution >= 4 is 17.2 Å². The van der Waals surface area contributed by atoms with Crippen molar-refractivity contribution in [1.82, 2.24) is 9.38 Å². The summed E-state index contributed by atoms with van der Waals surface area (Å²) in [7, 11) is 0. The number of benzene rings is 1. The highest BCUT2D eigenvalue weighted by Gasteiger charge is 2.32. The van der Waals surface area contributed by atoms with E-state index in [0.29, 0.717) is 30.0 Å². The highest BCUT2D eigenvalue weighted by Crippen LogP contribution is 2.35. The Morgan fingerprint density at radius 1 is 1.20 bits per heavy atom. The molecular weight excluding hydrogens is 351 g/mol. The third-order valence-corrected chi connectivity index (χ3v) is 4.37. The molecule has 2 N–H and O–H groups in total. The van der Waals surface area contributed by atoms with Crippen molar-refractivity contribution in [2.75, 3.05) is 6.54 Å². The molecule has 0 aliphatic rings. The Kier molecular flexibility index (Phi) is 4.75. The van der Waals surface area contributed by atoms with Crippen LogP contribution in [0, 0.1) is 0 Å². The van der Waals surface area contributed by atoms with Gasteiger partial charge in [0.2, 0.25) is 0 Å². The first-order valence-electron chi connectivity index (χ1n) is 7.92. The predicted molar refractivity (Wildman–Crippen MR) is 92.8 cm³/mol. The van der Waals surface area contributed by atoms with Gasteiger partial charge in [-0.3, -0.25) is 0 Å². The summed E-state index contributed by atoms with van der Waals surface area (Å²) in [5.41, 5.74) is 8.36. The van der Waals surface area contributed by atoms with Crippen LogP contribution in [0.1, 0.15) is 23.7 Å². The summed E-state index contributed by atoms with van der Waals surface area (Å²) in [6.45, 7) is 2.44. The second kappa shape index (κ2) is 6.69. The zero-order chi connectivity index (χ0) is 18.2. The molecule has 3 nitrogen and oxygen atoms in total. The summed E-state index contributed by atoms with van der Waals surface area (Å²) in [6.07, 6.45) is -2.11. The predicted octanol–water partition coefficient (Wildman–Crippen LogP) is 4.74. The van der Waals surface area contributed by atoms with Gasteiger partial charge in [0, 0.05) is 11.8 Å². The molecular formula is C18H17ClF3N3. The van der Waals surface area contributed by atoms with Crippen LogP contribution >= 0.6 is 11.6 Å². The van der Waals surface area contributed by atoms with E-state index in [1.807, 2.05) is 31.2 Å². The molecule has 25 heavy (non-hydrogen) atoms. The van der Waals surface area contributed by atoms with Gasteiger partial charge in [-0.1, -0.05) is 42.8 Å². The summed E-state index contributed by atoms with van der Waals surface area (Å²) < 4.78 is 40.7. The first-order chi connectivity index (χ1) is 11.8. The van der Waals surface area contributed by atoms with E-state index in [1.165, 1.54) is 4.40 Å². The zero-order valence-electron chi connectivity index (χ0n) is 13.6. The van der Waals surface area contributed by atoms with E-state index in [9.17, 15) is 13.2 Å². The van der Waals surface area contributed by atoms with Crippen LogP contribution in [0.3, 0.4) is 0 Å². The largest absolute Gasteiger partial charge is 0.417 e. The van der Waals surface area contributed by atoms with Gasteiger partial charge in [-0.25, -0.2) is 4.98 Å². The number of rotatable bonds is 4. The number of aryl methyl sites for hydroxylation is 1. The smallest absolute Gasteiger partial charge is 0.330 e. The van der Waals surface area contributed by atoms with Crippen LogP contribution in [-0.4, -0.2) is 15.9 Å². The van der Waals surface area contributed by atoms with E-state index in [1.54, 1.807) is 0 Å². The molecule has 0 spiro atoms. The zero-order valence-corrected chi connectivity index (χ0v) is 14.3. The number of nitrogens with two attached hydrogens (primary N) is 1. The summed E-state index contributed by atoms with van der Waals surface area (Å²) in [4.78, 5) is 4.49. The van der Waals surface area contributed by atoms with E-state index < -0.39 is 11.7 Å². The minimum absolute atomic E-state index is 0.0180. The molecule has 0 bridgehead atoms. The number of alkyl halides is 3. The number of aromatic nitrogens is 2. The first kappa shape index (κ1) is 17.8. The van der Waals surface area contributed by atoms with Gasteiger partial charge in [-0.05, 0) is 31.0 Å². The molecule has 2 aromatic heterocycles. The molecule has 0 saturated carbocycles. The lowest BCUT2D eigenvalue weighted by Crippen LogP contribution is -2.07. The quantitative estimate of drug-likeness (QED) is 0.724. The van der Waals surface area contributed by atoms with Gasteiger partial charge >= 0.3 is 6.18 Å². The Balaban J connectivity index is 2.17. The van der Waals surface area contributed by atoms with Gasteiger partial charge in [-0.15, -0.1) is 0 Å². The number of fused-ring (bicyclic) bond motifs is 1. The Hall–Kier alpha value is -2.05. The highest BCUT2D eigenvalue weighted by atomic mass is 35.5. The number of halogens is 4. The molecule has 3 aromatic rings. The number of imidazole rings is 1. The monoisotopic (exact) mass is 367 g/mol. The average Bonchev–Trinajstić information content (AvgIpc) is 2.94. The molecule has 0 amide bonds. The first-order valence-corrected chi connectivity index (χ1v) is 8.30. The Labute approximate surface area is 148 Å². The molecule has 0 radical (unpaired) electrons. The van der Waals surface area contributed by atoms with Crippen LogP contribution in [0.15, 0.2) is 36.5 Å². The SMILES string of the molecule is CCc1c(-c2ccc(CCN)cc2)nc2c(Cl)cc(C(F)(F)F)cn12. The Morgan fingerprint density at radius 2 is 1.88 bits per heavy atom. The molecule has 132 valence electrons. The van der Waals surface area contributed by atoms with Crippen molar-refractivity contribution in [3.05, 3.63) is 58.4 Å². The van der Waals surface area contributed by atoms with Gasteiger partial charge in [-0.2, -0.15) is 13.2 Å². The van der Waals surface area contributed by atoms with Crippen LogP contribution in [0.25, 0.3) is 16.9 Å². The second-order valence-corrected chi connectivity index (χ2v) is 6.17. The maximum absolute atomic E-state index is 13.1. The number of hydrogen-bond donors (Lipinski definition) is 1. The minimum atomic E-state index is -4.46. The second-order valence-electron chi connectivity index (χ2n) is 5.76. The van der Waals surface area contributed by atoms with Gasteiger partial charge in [0.25, 0.3) is 0 Å². The summed E-state index contributed by atoms with van der Waals surface area (Å²) in [5, 5.41) is -0.0180. The molecule has 0 saturated heterocycles. The van der Waals surface area contributed by atoms with Gasteiger partial charge < -0.3 is 10.1 Å². The third kappa shape index (κ3) is 3.37. The molecule has 0 aliphatic carbocycles. The lowest BCUT2D eigenvalue weighted by atomic mass is 10.1. The summed E-state index contributed by atoms with van der Waals surface area (Å²) in [6, 6.07) is 8.63. The molecule has 3 rings (SSSR count). The van der Waals surface area contributed by atoms with Crippen molar-refractivity contribution in [2.45, 2.75) is 25.9 Å². The third-order valence-electron chi connectivity index (χ3n) is 4.10.